The molecule has 0 unspecified atom stereocenters. The van der Waals surface area contributed by atoms with E-state index in [1.165, 1.54) is 20.8 Å². The van der Waals surface area contributed by atoms with E-state index in [-0.39, 0.29) is 0 Å². The van der Waals surface area contributed by atoms with Crippen molar-refractivity contribution in [2.24, 2.45) is 0 Å². The Labute approximate surface area is 154 Å². The van der Waals surface area contributed by atoms with Gasteiger partial charge >= 0.3 is 30.3 Å². The van der Waals surface area contributed by atoms with Crippen molar-refractivity contribution < 1.29 is 54.9 Å². The van der Waals surface area contributed by atoms with Crippen molar-refractivity contribution >= 4 is 29.5 Å². The van der Waals surface area contributed by atoms with E-state index < -0.39 is 60.0 Å². The van der Waals surface area contributed by atoms with Crippen molar-refractivity contribution in [3.05, 3.63) is 11.8 Å². The molecule has 0 aromatic carbocycles. The van der Waals surface area contributed by atoms with Crippen molar-refractivity contribution in [1.82, 2.24) is 0 Å². The quantitative estimate of drug-likeness (QED) is 0.161. The van der Waals surface area contributed by atoms with Crippen molar-refractivity contribution in [2.45, 2.75) is 51.2 Å². The summed E-state index contributed by atoms with van der Waals surface area (Å²) >= 11 is 5.32. The Morgan fingerprint density at radius 2 is 1.44 bits per heavy atom. The van der Waals surface area contributed by atoms with Crippen molar-refractivity contribution in [1.29, 1.82) is 0 Å². The summed E-state index contributed by atoms with van der Waals surface area (Å²) in [5.74, 6) is -8.49. The fourth-order valence-electron chi connectivity index (χ4n) is 1.34. The zero-order valence-corrected chi connectivity index (χ0v) is 14.9. The first kappa shape index (κ1) is 25.0. The number of alkyl halides is 7. The van der Waals surface area contributed by atoms with Gasteiger partial charge in [0.1, 0.15) is 17.5 Å². The van der Waals surface area contributed by atoms with Crippen molar-refractivity contribution in [3.8, 4) is 0 Å². The zero-order valence-electron chi connectivity index (χ0n) is 14.2. The molecule has 27 heavy (non-hydrogen) atoms. The second kappa shape index (κ2) is 9.29. The molecule has 0 spiro atoms. The summed E-state index contributed by atoms with van der Waals surface area (Å²) in [4.78, 5) is 33.4. The topological polar surface area (TPSA) is 78.9 Å². The van der Waals surface area contributed by atoms with Gasteiger partial charge in [0.15, 0.2) is 0 Å². The first-order valence-corrected chi connectivity index (χ1v) is 7.55. The highest BCUT2D eigenvalue weighted by Gasteiger charge is 2.44. The molecule has 6 nitrogen and oxygen atoms in total. The minimum absolute atomic E-state index is 0.315. The number of esters is 3. The predicted molar refractivity (Wildman–Crippen MR) is 77.3 cm³/mol. The van der Waals surface area contributed by atoms with Gasteiger partial charge in [0, 0.05) is 6.42 Å². The molecule has 0 rings (SSSR count). The third-order valence-electron chi connectivity index (χ3n) is 2.25. The summed E-state index contributed by atoms with van der Waals surface area (Å²) < 4.78 is 86.3. The van der Waals surface area contributed by atoms with Crippen molar-refractivity contribution in [2.75, 3.05) is 5.88 Å². The van der Waals surface area contributed by atoms with E-state index in [9.17, 15) is 40.7 Å². The average Bonchev–Trinajstić information content (AvgIpc) is 2.41. The number of ether oxygens (including phenoxy) is 3. The summed E-state index contributed by atoms with van der Waals surface area (Å²) in [5.41, 5.74) is -1.07. The second-order valence-corrected chi connectivity index (χ2v) is 6.22. The Kier molecular flexibility index (Phi) is 8.61. The van der Waals surface area contributed by atoms with Crippen LogP contribution >= 0.6 is 11.6 Å². The molecule has 0 aliphatic heterocycles. The minimum atomic E-state index is -5.45. The molecule has 1 atom stereocenters. The van der Waals surface area contributed by atoms with Gasteiger partial charge in [0.2, 0.25) is 0 Å². The first-order valence-electron chi connectivity index (χ1n) is 7.02. The Bertz CT molecular complexity index is 590. The van der Waals surface area contributed by atoms with Gasteiger partial charge in [-0.25, -0.2) is 14.4 Å². The molecule has 0 saturated carbocycles. The molecular formula is C14H15ClF6O6. The highest BCUT2D eigenvalue weighted by atomic mass is 35.5. The first-order chi connectivity index (χ1) is 12.0. The lowest BCUT2D eigenvalue weighted by Gasteiger charge is -2.20. The summed E-state index contributed by atoms with van der Waals surface area (Å²) in [5, 5.41) is 0. The number of rotatable bonds is 6. The molecule has 0 heterocycles. The Morgan fingerprint density at radius 1 is 0.963 bits per heavy atom. The maximum Gasteiger partial charge on any atom is 0.491 e. The van der Waals surface area contributed by atoms with Gasteiger partial charge in [-0.2, -0.15) is 26.3 Å². The van der Waals surface area contributed by atoms with Crippen LogP contribution in [0.3, 0.4) is 0 Å². The molecule has 0 aliphatic carbocycles. The molecule has 0 radical (unpaired) electrons. The van der Waals surface area contributed by atoms with Crippen LogP contribution in [0.1, 0.15) is 27.2 Å². The molecule has 0 saturated heterocycles. The maximum absolute atomic E-state index is 12.3. The lowest BCUT2D eigenvalue weighted by molar-refractivity contribution is -0.204. The number of carbonyl (C=O) groups is 3. The Morgan fingerprint density at radius 3 is 1.81 bits per heavy atom. The van der Waals surface area contributed by atoms with E-state index in [1.54, 1.807) is 0 Å². The lowest BCUT2D eigenvalue weighted by atomic mass is 10.2. The van der Waals surface area contributed by atoms with Crippen LogP contribution in [0.15, 0.2) is 11.8 Å². The Hall–Kier alpha value is -1.98. The van der Waals surface area contributed by atoms with Crippen LogP contribution in [-0.2, 0) is 28.6 Å². The van der Waals surface area contributed by atoms with Crippen LogP contribution in [0.4, 0.5) is 26.3 Å². The standard InChI is InChI=1S/C14H15ClF6O6/c1-12(2,3)27-9(22)5-7(25-10(23)13(16,17)18)4-8(6-15)26-11(24)14(19,20)21/h5,8H,4,6H2,1-3H3/t8-/m0/s1. The van der Waals surface area contributed by atoms with E-state index in [0.29, 0.717) is 6.08 Å². The van der Waals surface area contributed by atoms with Gasteiger partial charge in [0.25, 0.3) is 0 Å². The van der Waals surface area contributed by atoms with E-state index >= 15 is 0 Å². The van der Waals surface area contributed by atoms with Gasteiger partial charge in [-0.1, -0.05) is 0 Å². The molecule has 0 N–H and O–H groups in total. The smallest absolute Gasteiger partial charge is 0.457 e. The van der Waals surface area contributed by atoms with Crippen LogP contribution in [0.5, 0.6) is 0 Å². The zero-order chi connectivity index (χ0) is 21.6. The number of hydrogen-bond donors (Lipinski definition) is 0. The fourth-order valence-corrected chi connectivity index (χ4v) is 1.51. The minimum Gasteiger partial charge on any atom is -0.457 e. The van der Waals surface area contributed by atoms with E-state index in [4.69, 9.17) is 16.3 Å². The third-order valence-corrected chi connectivity index (χ3v) is 2.59. The summed E-state index contributed by atoms with van der Waals surface area (Å²) in [7, 11) is 0. The SMILES string of the molecule is CC(C)(C)OC(=O)C=C(C[C@@H](CCl)OC(=O)C(F)(F)F)OC(=O)C(F)(F)F. The largest absolute Gasteiger partial charge is 0.491 e. The molecule has 0 fully saturated rings. The Balaban J connectivity index is 5.47. The molecule has 0 aliphatic rings. The molecule has 13 heteroatoms. The van der Waals surface area contributed by atoms with Gasteiger partial charge in [-0.05, 0) is 20.8 Å². The van der Waals surface area contributed by atoms with Gasteiger partial charge < -0.3 is 14.2 Å². The van der Waals surface area contributed by atoms with E-state index in [0.717, 1.165) is 0 Å². The average molecular weight is 429 g/mol. The third kappa shape index (κ3) is 10.7. The highest BCUT2D eigenvalue weighted by Crippen LogP contribution is 2.23. The summed E-state index contributed by atoms with van der Waals surface area (Å²) in [6.07, 6.45) is -13.4. The van der Waals surface area contributed by atoms with Gasteiger partial charge in [0.05, 0.1) is 12.0 Å². The van der Waals surface area contributed by atoms with E-state index in [1.807, 2.05) is 0 Å². The molecule has 0 aromatic heterocycles. The number of carbonyl (C=O) groups excluding carboxylic acids is 3. The van der Waals surface area contributed by atoms with Crippen molar-refractivity contribution in [3.63, 3.8) is 0 Å². The highest BCUT2D eigenvalue weighted by molar-refractivity contribution is 6.18. The normalized spacial score (nSPS) is 14.4. The lowest BCUT2D eigenvalue weighted by Crippen LogP contribution is -2.32. The molecule has 0 bridgehead atoms. The van der Waals surface area contributed by atoms with Crippen LogP contribution in [0.2, 0.25) is 0 Å². The summed E-state index contributed by atoms with van der Waals surface area (Å²) in [6.45, 7) is 4.27. The molecule has 0 amide bonds. The fraction of sp³-hybridized carbons (Fsp3) is 0.643. The number of halogens is 7. The van der Waals surface area contributed by atoms with Crippen LogP contribution < -0.4 is 0 Å². The second-order valence-electron chi connectivity index (χ2n) is 5.91. The van der Waals surface area contributed by atoms with Gasteiger partial charge in [-0.3, -0.25) is 0 Å². The summed E-state index contributed by atoms with van der Waals surface area (Å²) in [6, 6.07) is 0. The predicted octanol–water partition coefficient (Wildman–Crippen LogP) is 3.42. The van der Waals surface area contributed by atoms with Gasteiger partial charge in [-0.15, -0.1) is 11.6 Å². The molecular weight excluding hydrogens is 414 g/mol. The monoisotopic (exact) mass is 428 g/mol. The number of hydrogen-bond acceptors (Lipinski definition) is 6. The van der Waals surface area contributed by atoms with E-state index in [2.05, 4.69) is 9.47 Å². The van der Waals surface area contributed by atoms with Crippen LogP contribution in [0.25, 0.3) is 0 Å². The molecule has 156 valence electrons. The van der Waals surface area contributed by atoms with Crippen LogP contribution in [-0.4, -0.2) is 47.8 Å². The maximum atomic E-state index is 12.3. The molecule has 0 aromatic rings. The van der Waals surface area contributed by atoms with Crippen LogP contribution in [0, 0.1) is 0 Å².